The van der Waals surface area contributed by atoms with Crippen molar-refractivity contribution in [1.82, 2.24) is 9.88 Å². The summed E-state index contributed by atoms with van der Waals surface area (Å²) in [5.41, 5.74) is 3.88. The predicted molar refractivity (Wildman–Crippen MR) is 179 cm³/mol. The van der Waals surface area contributed by atoms with Crippen LogP contribution in [0.5, 0.6) is 5.75 Å². The molecule has 5 atom stereocenters. The van der Waals surface area contributed by atoms with Gasteiger partial charge in [0.15, 0.2) is 10.9 Å². The number of nitrogens with zero attached hydrogens (tertiary/aromatic N) is 3. The summed E-state index contributed by atoms with van der Waals surface area (Å²) >= 11 is 6.21. The first-order valence-electron chi connectivity index (χ1n) is 14.2. The molecule has 2 aromatic rings. The molecule has 1 amide bonds. The average Bonchev–Trinajstić information content (AvgIpc) is 3.44. The van der Waals surface area contributed by atoms with Crippen molar-refractivity contribution in [3.05, 3.63) is 35.4 Å². The number of ether oxygens (including phenoxy) is 1. The lowest BCUT2D eigenvalue weighted by Crippen LogP contribution is -2.44. The lowest BCUT2D eigenvalue weighted by molar-refractivity contribution is -0.135. The summed E-state index contributed by atoms with van der Waals surface area (Å²) in [6, 6.07) is 2.27. The predicted octanol–water partition coefficient (Wildman–Crippen LogP) is 6.63. The van der Waals surface area contributed by atoms with Gasteiger partial charge in [0.25, 0.3) is 0 Å². The van der Waals surface area contributed by atoms with Gasteiger partial charge in [-0.1, -0.05) is 12.1 Å². The third-order valence-electron chi connectivity index (χ3n) is 9.22. The number of benzene rings is 1. The third kappa shape index (κ3) is 6.33. The van der Waals surface area contributed by atoms with Crippen LogP contribution in [-0.4, -0.2) is 55.2 Å². The zero-order valence-corrected chi connectivity index (χ0v) is 29.4. The number of carbonyl (C=O) groups is 2. The highest BCUT2D eigenvalue weighted by molar-refractivity contribution is 14.1. The minimum Gasteiger partial charge on any atom is -0.423 e. The van der Waals surface area contributed by atoms with Crippen LogP contribution in [0.25, 0.3) is 0 Å². The van der Waals surface area contributed by atoms with Crippen LogP contribution >= 0.6 is 56.5 Å². The molecule has 2 fully saturated rings. The lowest BCUT2D eigenvalue weighted by atomic mass is 9.54. The number of aryl methyl sites for hydroxylation is 1. The maximum Gasteiger partial charge on any atom is 0.325 e. The fraction of sp³-hybridized carbons (Fsp3) is 0.600. The van der Waals surface area contributed by atoms with Crippen molar-refractivity contribution in [2.24, 2.45) is 28.3 Å². The van der Waals surface area contributed by atoms with Gasteiger partial charge in [0, 0.05) is 22.9 Å². The molecule has 0 saturated heterocycles. The zero-order chi connectivity index (χ0) is 29.5. The molecule has 3 aliphatic carbocycles. The first-order valence-corrected chi connectivity index (χ1v) is 17.2. The van der Waals surface area contributed by atoms with Crippen LogP contribution in [0.4, 0.5) is 5.13 Å². The molecule has 0 aliphatic heterocycles. The van der Waals surface area contributed by atoms with Crippen molar-refractivity contribution in [3.63, 3.8) is 0 Å². The molecule has 11 heteroatoms. The van der Waals surface area contributed by atoms with Gasteiger partial charge < -0.3 is 14.9 Å². The molecule has 0 radical (unpaired) electrons. The van der Waals surface area contributed by atoms with Gasteiger partial charge in [0.1, 0.15) is 7.11 Å². The van der Waals surface area contributed by atoms with Crippen LogP contribution in [0, 0.1) is 37.2 Å². The number of nitrogens with one attached hydrogen (secondary N) is 1. The summed E-state index contributed by atoms with van der Waals surface area (Å²) < 4.78 is 7.93. The maximum atomic E-state index is 12.9. The highest BCUT2D eigenvalue weighted by atomic mass is 127. The summed E-state index contributed by atoms with van der Waals surface area (Å²) in [5.74, 6) is 2.25. The van der Waals surface area contributed by atoms with Gasteiger partial charge in [-0.3, -0.25) is 14.5 Å². The number of amides is 1. The molecule has 2 saturated carbocycles. The van der Waals surface area contributed by atoms with E-state index in [0.29, 0.717) is 41.0 Å². The summed E-state index contributed by atoms with van der Waals surface area (Å²) in [7, 11) is 5.38. The van der Waals surface area contributed by atoms with E-state index >= 15 is 0 Å². The monoisotopic (exact) mass is 804 g/mol. The van der Waals surface area contributed by atoms with Crippen molar-refractivity contribution in [2.45, 2.75) is 64.7 Å². The Bertz CT molecular complexity index is 1360. The van der Waals surface area contributed by atoms with E-state index in [-0.39, 0.29) is 23.8 Å². The second-order valence-electron chi connectivity index (χ2n) is 12.1. The Morgan fingerprint density at radius 1 is 1.29 bits per heavy atom. The molecule has 41 heavy (non-hydrogen) atoms. The Morgan fingerprint density at radius 2 is 2.07 bits per heavy atom. The second-order valence-corrected chi connectivity index (χ2v) is 15.6. The van der Waals surface area contributed by atoms with E-state index in [4.69, 9.17) is 9.57 Å². The number of halogens is 2. The van der Waals surface area contributed by atoms with Crippen LogP contribution in [0.2, 0.25) is 0 Å². The van der Waals surface area contributed by atoms with Crippen molar-refractivity contribution in [3.8, 4) is 5.75 Å². The lowest BCUT2D eigenvalue weighted by Gasteiger charge is -2.50. The van der Waals surface area contributed by atoms with Gasteiger partial charge in [-0.2, -0.15) is 0 Å². The minimum atomic E-state index is -0.235. The molecular formula is C30H38I2N4O4S. The summed E-state index contributed by atoms with van der Waals surface area (Å²) in [6.45, 7) is 4.62. The second kappa shape index (κ2) is 12.7. The van der Waals surface area contributed by atoms with Gasteiger partial charge in [0.2, 0.25) is 5.91 Å². The first kappa shape index (κ1) is 31.1. The Hall–Kier alpha value is -1.32. The molecular weight excluding hydrogens is 766 g/mol. The fourth-order valence-corrected chi connectivity index (χ4v) is 10.5. The standard InChI is InChI=1S/C30H38I2N4O4S/c1-16-14-33-29(41-16)34-24(37)9-6-17-12-23(35-39-5)30(2)11-10-18-19(26(17)30)7-8-20-21(18)13-22(31)28(27(20)32)40-25(38)15-36(3)4/h13-14,17-19,26H,6-12,15H2,1-5H3,(H,33,34,37)/b35-23+/t17-,18?,19?,26?,30-/m1/s1. The van der Waals surface area contributed by atoms with Crippen LogP contribution in [-0.2, 0) is 20.8 Å². The molecule has 1 N–H and O–H groups in total. The number of esters is 1. The van der Waals surface area contributed by atoms with Gasteiger partial charge >= 0.3 is 5.97 Å². The summed E-state index contributed by atoms with van der Waals surface area (Å²) in [6.07, 6.45) is 8.16. The summed E-state index contributed by atoms with van der Waals surface area (Å²) in [5, 5.41) is 8.21. The number of rotatable bonds is 8. The molecule has 5 rings (SSSR count). The first-order chi connectivity index (χ1) is 19.5. The zero-order valence-electron chi connectivity index (χ0n) is 24.3. The number of aromatic nitrogens is 1. The molecule has 222 valence electrons. The molecule has 0 bridgehead atoms. The number of hydrogen-bond acceptors (Lipinski definition) is 8. The Morgan fingerprint density at radius 3 is 2.76 bits per heavy atom. The van der Waals surface area contributed by atoms with Crippen LogP contribution < -0.4 is 10.1 Å². The van der Waals surface area contributed by atoms with E-state index in [1.54, 1.807) is 13.3 Å². The summed E-state index contributed by atoms with van der Waals surface area (Å²) in [4.78, 5) is 37.9. The fourth-order valence-electron chi connectivity index (χ4n) is 7.64. The minimum absolute atomic E-state index is 0.0236. The molecule has 8 nitrogen and oxygen atoms in total. The molecule has 3 unspecified atom stereocenters. The highest BCUT2D eigenvalue weighted by Crippen LogP contribution is 2.63. The Kier molecular flexibility index (Phi) is 9.66. The van der Waals surface area contributed by atoms with Gasteiger partial charge in [-0.05, 0) is 146 Å². The smallest absolute Gasteiger partial charge is 0.325 e. The largest absolute Gasteiger partial charge is 0.423 e. The number of anilines is 1. The van der Waals surface area contributed by atoms with Crippen LogP contribution in [0.1, 0.15) is 67.4 Å². The van der Waals surface area contributed by atoms with E-state index < -0.39 is 0 Å². The number of carbonyl (C=O) groups excluding carboxylic acids is 2. The van der Waals surface area contributed by atoms with Crippen molar-refractivity contribution < 1.29 is 19.2 Å². The molecule has 3 aliphatic rings. The molecule has 1 heterocycles. The van der Waals surface area contributed by atoms with Crippen LogP contribution in [0.15, 0.2) is 17.4 Å². The highest BCUT2D eigenvalue weighted by Gasteiger charge is 2.58. The maximum absolute atomic E-state index is 12.9. The van der Waals surface area contributed by atoms with Crippen molar-refractivity contribution >= 4 is 79.2 Å². The van der Waals surface area contributed by atoms with Crippen molar-refractivity contribution in [1.29, 1.82) is 0 Å². The van der Waals surface area contributed by atoms with Crippen LogP contribution in [0.3, 0.4) is 0 Å². The molecule has 1 aromatic carbocycles. The number of hydrogen-bond donors (Lipinski definition) is 1. The third-order valence-corrected chi connectivity index (χ3v) is 12.0. The quantitative estimate of drug-likeness (QED) is 0.140. The number of likely N-dealkylation sites (N-methyl/N-ethyl adjacent to an activating group) is 1. The molecule has 0 spiro atoms. The van der Waals surface area contributed by atoms with E-state index in [2.05, 4.69) is 73.6 Å². The van der Waals surface area contributed by atoms with Crippen molar-refractivity contribution in [2.75, 3.05) is 33.1 Å². The topological polar surface area (TPSA) is 93.1 Å². The van der Waals surface area contributed by atoms with Gasteiger partial charge in [-0.15, -0.1) is 11.3 Å². The number of thiazole rings is 1. The SMILES string of the molecule is CO/N=C1\C[C@@H](CCC(=O)Nc2ncc(C)s2)C2C3CCc4c(cc(I)c(OC(=O)CN(C)C)c4I)C3CC[C@]12C. The molecule has 1 aromatic heterocycles. The number of fused-ring (bicyclic) bond motifs is 5. The van der Waals surface area contributed by atoms with Gasteiger partial charge in [0.05, 0.1) is 19.4 Å². The van der Waals surface area contributed by atoms with E-state index in [1.165, 1.54) is 22.5 Å². The number of oxime groups is 1. The van der Waals surface area contributed by atoms with Gasteiger partial charge in [-0.25, -0.2) is 4.98 Å². The van der Waals surface area contributed by atoms with E-state index in [9.17, 15) is 9.59 Å². The normalized spacial score (nSPS) is 27.8. The van der Waals surface area contributed by atoms with E-state index in [1.807, 2.05) is 25.9 Å². The average molecular weight is 805 g/mol. The van der Waals surface area contributed by atoms with E-state index in [0.717, 1.165) is 56.3 Å². The Labute approximate surface area is 273 Å². The Balaban J connectivity index is 1.39.